The van der Waals surface area contributed by atoms with Crippen LogP contribution in [-0.2, 0) is 22.2 Å². The van der Waals surface area contributed by atoms with Crippen LogP contribution in [0.15, 0.2) is 59.2 Å². The van der Waals surface area contributed by atoms with Crippen LogP contribution in [0, 0.1) is 5.82 Å². The second-order valence-electron chi connectivity index (χ2n) is 10.3. The minimum Gasteiger partial charge on any atom is -0.448 e. The summed E-state index contributed by atoms with van der Waals surface area (Å²) >= 11 is 0. The molecule has 1 N–H and O–H groups in total. The van der Waals surface area contributed by atoms with E-state index in [9.17, 15) is 35.9 Å². The molecule has 3 aromatic rings. The lowest BCUT2D eigenvalue weighted by Gasteiger charge is -2.35. The monoisotopic (exact) mass is 583 g/mol. The summed E-state index contributed by atoms with van der Waals surface area (Å²) in [5.41, 5.74) is -0.348. The van der Waals surface area contributed by atoms with Gasteiger partial charge in [0, 0.05) is 19.3 Å². The Morgan fingerprint density at radius 1 is 1.10 bits per heavy atom. The first kappa shape index (κ1) is 28.6. The Balaban J connectivity index is 1.35. The Hall–Kier alpha value is -3.90. The van der Waals surface area contributed by atoms with Crippen molar-refractivity contribution in [1.82, 2.24) is 15.2 Å². The Morgan fingerprint density at radius 3 is 2.41 bits per heavy atom. The third-order valence-corrected chi connectivity index (χ3v) is 7.32. The number of carbonyl (C=O) groups is 2. The van der Waals surface area contributed by atoms with Crippen LogP contribution in [0.3, 0.4) is 0 Å². The molecule has 1 aliphatic carbocycles. The van der Waals surface area contributed by atoms with E-state index in [0.717, 1.165) is 11.0 Å². The van der Waals surface area contributed by atoms with Gasteiger partial charge in [-0.1, -0.05) is 42.5 Å². The normalized spacial score (nSPS) is 21.4. The highest BCUT2D eigenvalue weighted by Gasteiger charge is 2.47. The number of nitrogens with zero attached hydrogens (tertiary/aromatic N) is 2. The summed E-state index contributed by atoms with van der Waals surface area (Å²) in [7, 11) is 0. The van der Waals surface area contributed by atoms with E-state index < -0.39 is 91.3 Å². The van der Waals surface area contributed by atoms with Crippen molar-refractivity contribution in [2.75, 3.05) is 6.54 Å². The largest absolute Gasteiger partial charge is 0.448 e. The van der Waals surface area contributed by atoms with Gasteiger partial charge in [0.25, 0.3) is 0 Å². The number of carbonyl (C=O) groups excluding carboxylic acids is 2. The standard InChI is InChI=1S/C28H24F7N3O3/c29-18-9-21(38(13-18)24(39)10-23-36-22(14-41-23)28(33,34)35)26(40)37-25(15-4-2-1-3-5-15)16-6-7-19(20(30)8-16)17-11-27(31,32)12-17/h1-8,14,17-18,21,25H,9-13H2,(H,37,40)/t18-,21+,25+/m1/s1. The molecule has 0 unspecified atom stereocenters. The summed E-state index contributed by atoms with van der Waals surface area (Å²) in [6.45, 7) is -0.463. The number of benzene rings is 2. The maximum absolute atomic E-state index is 15.0. The molecule has 41 heavy (non-hydrogen) atoms. The molecule has 5 rings (SSSR count). The van der Waals surface area contributed by atoms with E-state index in [1.807, 2.05) is 0 Å². The molecule has 6 nitrogen and oxygen atoms in total. The van der Waals surface area contributed by atoms with Gasteiger partial charge in [-0.15, -0.1) is 0 Å². The Labute approximate surface area is 229 Å². The average Bonchev–Trinajstić information content (AvgIpc) is 3.53. The zero-order valence-corrected chi connectivity index (χ0v) is 21.3. The second-order valence-corrected chi connectivity index (χ2v) is 10.3. The topological polar surface area (TPSA) is 75.4 Å². The quantitative estimate of drug-likeness (QED) is 0.361. The molecule has 1 saturated carbocycles. The molecule has 3 atom stereocenters. The van der Waals surface area contributed by atoms with Crippen molar-refractivity contribution in [2.45, 2.75) is 62.0 Å². The zero-order valence-electron chi connectivity index (χ0n) is 21.3. The first-order valence-corrected chi connectivity index (χ1v) is 12.8. The van der Waals surface area contributed by atoms with E-state index in [0.29, 0.717) is 17.4 Å². The molecule has 2 aromatic carbocycles. The number of rotatable bonds is 7. The minimum atomic E-state index is -4.78. The maximum atomic E-state index is 15.0. The number of alkyl halides is 6. The molecule has 13 heteroatoms. The lowest BCUT2D eigenvalue weighted by Crippen LogP contribution is -2.47. The SMILES string of the molecule is O=C(N[C@@H](c1ccccc1)c1ccc(C2CC(F)(F)C2)c(F)c1)[C@@H]1C[C@@H](F)CN1C(=O)Cc1nc(C(F)(F)F)co1. The van der Waals surface area contributed by atoms with Crippen molar-refractivity contribution in [2.24, 2.45) is 0 Å². The maximum Gasteiger partial charge on any atom is 0.436 e. The molecule has 1 saturated heterocycles. The molecule has 2 amide bonds. The molecule has 0 bridgehead atoms. The fourth-order valence-corrected chi connectivity index (χ4v) is 5.24. The molecule has 0 spiro atoms. The third-order valence-electron chi connectivity index (χ3n) is 7.32. The van der Waals surface area contributed by atoms with Crippen LogP contribution in [0.2, 0.25) is 0 Å². The van der Waals surface area contributed by atoms with Gasteiger partial charge >= 0.3 is 6.18 Å². The molecule has 2 fully saturated rings. The lowest BCUT2D eigenvalue weighted by molar-refractivity contribution is -0.141. The van der Waals surface area contributed by atoms with Crippen molar-refractivity contribution >= 4 is 11.8 Å². The number of hydrogen-bond donors (Lipinski definition) is 1. The summed E-state index contributed by atoms with van der Waals surface area (Å²) < 4.78 is 99.3. The van der Waals surface area contributed by atoms with Gasteiger partial charge in [-0.05, 0) is 28.7 Å². The number of oxazole rings is 1. The summed E-state index contributed by atoms with van der Waals surface area (Å²) in [6, 6.07) is 10.3. The highest BCUT2D eigenvalue weighted by Crippen LogP contribution is 2.49. The van der Waals surface area contributed by atoms with E-state index in [4.69, 9.17) is 4.42 Å². The van der Waals surface area contributed by atoms with E-state index in [2.05, 4.69) is 10.3 Å². The summed E-state index contributed by atoms with van der Waals surface area (Å²) in [5, 5.41) is 2.73. The van der Waals surface area contributed by atoms with Gasteiger partial charge in [0.05, 0.1) is 12.6 Å². The van der Waals surface area contributed by atoms with Crippen LogP contribution in [0.25, 0.3) is 0 Å². The first-order chi connectivity index (χ1) is 19.3. The van der Waals surface area contributed by atoms with E-state index in [-0.39, 0.29) is 12.0 Å². The predicted molar refractivity (Wildman–Crippen MR) is 130 cm³/mol. The smallest absolute Gasteiger partial charge is 0.436 e. The number of hydrogen-bond acceptors (Lipinski definition) is 4. The van der Waals surface area contributed by atoms with Gasteiger partial charge < -0.3 is 14.6 Å². The van der Waals surface area contributed by atoms with Crippen LogP contribution in [0.4, 0.5) is 30.7 Å². The van der Waals surface area contributed by atoms with Crippen LogP contribution in [0.1, 0.15) is 59.5 Å². The van der Waals surface area contributed by atoms with Gasteiger partial charge in [0.15, 0.2) is 5.69 Å². The molecule has 1 aromatic heterocycles. The highest BCUT2D eigenvalue weighted by molar-refractivity contribution is 5.89. The number of likely N-dealkylation sites (tertiary alicyclic amines) is 1. The number of nitrogens with one attached hydrogen (secondary N) is 1. The summed E-state index contributed by atoms with van der Waals surface area (Å²) in [6.07, 6.45) is -7.98. The molecular formula is C28H24F7N3O3. The van der Waals surface area contributed by atoms with E-state index in [1.165, 1.54) is 12.1 Å². The fourth-order valence-electron chi connectivity index (χ4n) is 5.24. The van der Waals surface area contributed by atoms with Crippen LogP contribution < -0.4 is 5.32 Å². The third kappa shape index (κ3) is 6.23. The van der Waals surface area contributed by atoms with Gasteiger partial charge in [-0.2, -0.15) is 13.2 Å². The van der Waals surface area contributed by atoms with Crippen LogP contribution in [-0.4, -0.2) is 46.4 Å². The summed E-state index contributed by atoms with van der Waals surface area (Å²) in [4.78, 5) is 30.4. The van der Waals surface area contributed by atoms with Crippen LogP contribution >= 0.6 is 0 Å². The number of amides is 2. The van der Waals surface area contributed by atoms with E-state index >= 15 is 4.39 Å². The van der Waals surface area contributed by atoms with Crippen molar-refractivity contribution < 1.29 is 44.7 Å². The van der Waals surface area contributed by atoms with Crippen molar-refractivity contribution in [3.8, 4) is 0 Å². The average molecular weight is 584 g/mol. The Morgan fingerprint density at radius 2 is 1.80 bits per heavy atom. The Bertz CT molecular complexity index is 1420. The summed E-state index contributed by atoms with van der Waals surface area (Å²) in [5.74, 6) is -6.32. The zero-order chi connectivity index (χ0) is 29.5. The molecular weight excluding hydrogens is 559 g/mol. The van der Waals surface area contributed by atoms with Crippen molar-refractivity contribution in [3.63, 3.8) is 0 Å². The first-order valence-electron chi connectivity index (χ1n) is 12.8. The Kier molecular flexibility index (Phi) is 7.56. The highest BCUT2D eigenvalue weighted by atomic mass is 19.4. The van der Waals surface area contributed by atoms with E-state index in [1.54, 1.807) is 30.3 Å². The number of halogens is 7. The molecule has 2 aliphatic rings. The fraction of sp³-hybridized carbons (Fsp3) is 0.393. The number of aromatic nitrogens is 1. The molecule has 2 heterocycles. The molecule has 218 valence electrons. The molecule has 1 aliphatic heterocycles. The van der Waals surface area contributed by atoms with Crippen molar-refractivity contribution in [1.29, 1.82) is 0 Å². The van der Waals surface area contributed by atoms with Crippen LogP contribution in [0.5, 0.6) is 0 Å². The molecule has 0 radical (unpaired) electrons. The van der Waals surface area contributed by atoms with Gasteiger partial charge in [0.2, 0.25) is 23.6 Å². The predicted octanol–water partition coefficient (Wildman–Crippen LogP) is 5.73. The van der Waals surface area contributed by atoms with Gasteiger partial charge in [-0.25, -0.2) is 22.5 Å². The lowest BCUT2D eigenvalue weighted by atomic mass is 9.76. The second kappa shape index (κ2) is 10.8. The van der Waals surface area contributed by atoms with Crippen molar-refractivity contribution in [3.05, 3.63) is 88.9 Å². The van der Waals surface area contributed by atoms with Gasteiger partial charge in [-0.3, -0.25) is 9.59 Å². The van der Waals surface area contributed by atoms with Gasteiger partial charge in [0.1, 0.15) is 30.7 Å². The minimum absolute atomic E-state index is 0.144.